The van der Waals surface area contributed by atoms with E-state index in [9.17, 15) is 0 Å². The first-order chi connectivity index (χ1) is 8.23. The Hall–Kier alpha value is -0.160. The maximum Gasteiger partial charge on any atom is 0.191 e. The molecule has 2 fully saturated rings. The van der Waals surface area contributed by atoms with Crippen molar-refractivity contribution in [3.05, 3.63) is 0 Å². The Labute approximate surface area is 104 Å². The van der Waals surface area contributed by atoms with E-state index in [4.69, 9.17) is 18.9 Å². The van der Waals surface area contributed by atoms with Gasteiger partial charge < -0.3 is 18.9 Å². The van der Waals surface area contributed by atoms with Crippen molar-refractivity contribution in [1.82, 2.24) is 0 Å². The number of hydrogen-bond donors (Lipinski definition) is 0. The molecule has 2 rings (SSSR count). The van der Waals surface area contributed by atoms with Gasteiger partial charge in [0.2, 0.25) is 0 Å². The molecule has 0 aromatic carbocycles. The normalized spacial score (nSPS) is 32.3. The zero-order chi connectivity index (χ0) is 12.3. The van der Waals surface area contributed by atoms with Crippen molar-refractivity contribution < 1.29 is 18.9 Å². The van der Waals surface area contributed by atoms with Crippen molar-refractivity contribution in [3.8, 4) is 0 Å². The molecule has 4 nitrogen and oxygen atoms in total. The van der Waals surface area contributed by atoms with Gasteiger partial charge in [0.15, 0.2) is 5.79 Å². The van der Waals surface area contributed by atoms with E-state index >= 15 is 0 Å². The molecular weight excluding hydrogens is 220 g/mol. The summed E-state index contributed by atoms with van der Waals surface area (Å²) in [4.78, 5) is 0. The van der Waals surface area contributed by atoms with Crippen molar-refractivity contribution in [1.29, 1.82) is 0 Å². The third kappa shape index (κ3) is 3.19. The second-order valence-corrected chi connectivity index (χ2v) is 5.18. The minimum atomic E-state index is -0.573. The number of hydrogen-bond acceptors (Lipinski definition) is 4. The van der Waals surface area contributed by atoms with Gasteiger partial charge in [-0.25, -0.2) is 0 Å². The molecule has 3 atom stereocenters. The topological polar surface area (TPSA) is 40.2 Å². The molecule has 3 unspecified atom stereocenters. The monoisotopic (exact) mass is 244 g/mol. The van der Waals surface area contributed by atoms with E-state index in [0.717, 1.165) is 18.8 Å². The van der Waals surface area contributed by atoms with Gasteiger partial charge in [0.05, 0.1) is 12.2 Å². The Morgan fingerprint density at radius 3 is 2.47 bits per heavy atom. The Bertz CT molecular complexity index is 240. The van der Waals surface area contributed by atoms with Gasteiger partial charge in [-0.2, -0.15) is 0 Å². The Morgan fingerprint density at radius 2 is 1.88 bits per heavy atom. The predicted octanol–water partition coefficient (Wildman–Crippen LogP) is 1.97. The van der Waals surface area contributed by atoms with Crippen LogP contribution in [-0.4, -0.2) is 45.9 Å². The lowest BCUT2D eigenvalue weighted by Gasteiger charge is -2.32. The molecule has 1 saturated carbocycles. The van der Waals surface area contributed by atoms with E-state index < -0.39 is 5.79 Å². The Morgan fingerprint density at radius 1 is 1.12 bits per heavy atom. The summed E-state index contributed by atoms with van der Waals surface area (Å²) in [6.07, 6.45) is 6.86. The standard InChI is InChI=1S/C13H24O4/c1-14-9-13(15-2,16-3)7-6-10-4-5-11-12(8-10)17-11/h10-12H,4-9H2,1-3H3. The third-order valence-corrected chi connectivity index (χ3v) is 4.15. The molecule has 1 aliphatic heterocycles. The fraction of sp³-hybridized carbons (Fsp3) is 1.00. The highest BCUT2D eigenvalue weighted by Gasteiger charge is 2.44. The summed E-state index contributed by atoms with van der Waals surface area (Å²) in [5.74, 6) is 0.177. The van der Waals surface area contributed by atoms with Gasteiger partial charge in [0.1, 0.15) is 6.61 Å². The lowest BCUT2D eigenvalue weighted by atomic mass is 9.85. The SMILES string of the molecule is COCC(CCC1CCC2OC2C1)(OC)OC. The van der Waals surface area contributed by atoms with Gasteiger partial charge in [-0.15, -0.1) is 0 Å². The van der Waals surface area contributed by atoms with Gasteiger partial charge in [0, 0.05) is 27.8 Å². The van der Waals surface area contributed by atoms with E-state index in [1.807, 2.05) is 0 Å². The molecule has 4 heteroatoms. The van der Waals surface area contributed by atoms with Gasteiger partial charge in [0.25, 0.3) is 0 Å². The van der Waals surface area contributed by atoms with Crippen molar-refractivity contribution in [3.63, 3.8) is 0 Å². The maximum atomic E-state index is 5.55. The molecule has 0 N–H and O–H groups in total. The van der Waals surface area contributed by atoms with Crippen LogP contribution in [0.15, 0.2) is 0 Å². The van der Waals surface area contributed by atoms with Crippen LogP contribution in [0.25, 0.3) is 0 Å². The Kier molecular flexibility index (Phi) is 4.42. The maximum absolute atomic E-state index is 5.55. The average Bonchev–Trinajstić information content (AvgIpc) is 3.13. The molecule has 1 aliphatic carbocycles. The van der Waals surface area contributed by atoms with Gasteiger partial charge in [-0.05, 0) is 31.6 Å². The summed E-state index contributed by atoms with van der Waals surface area (Å²) >= 11 is 0. The Balaban J connectivity index is 1.77. The highest BCUT2D eigenvalue weighted by molar-refractivity contribution is 4.92. The molecule has 1 saturated heterocycles. The third-order valence-electron chi connectivity index (χ3n) is 4.15. The second kappa shape index (κ2) is 5.65. The summed E-state index contributed by atoms with van der Waals surface area (Å²) < 4.78 is 21.7. The van der Waals surface area contributed by atoms with Crippen LogP contribution in [0.5, 0.6) is 0 Å². The number of methoxy groups -OCH3 is 3. The van der Waals surface area contributed by atoms with Crippen LogP contribution in [0.3, 0.4) is 0 Å². The van der Waals surface area contributed by atoms with Crippen molar-refractivity contribution >= 4 is 0 Å². The summed E-state index contributed by atoms with van der Waals surface area (Å²) in [6.45, 7) is 0.481. The predicted molar refractivity (Wildman–Crippen MR) is 63.9 cm³/mol. The van der Waals surface area contributed by atoms with Crippen LogP contribution in [-0.2, 0) is 18.9 Å². The zero-order valence-electron chi connectivity index (χ0n) is 11.1. The fourth-order valence-corrected chi connectivity index (χ4v) is 2.87. The molecule has 1 heterocycles. The lowest BCUT2D eigenvalue weighted by Crippen LogP contribution is -2.39. The van der Waals surface area contributed by atoms with E-state index in [0.29, 0.717) is 18.8 Å². The molecule has 0 spiro atoms. The summed E-state index contributed by atoms with van der Waals surface area (Å²) in [5.41, 5.74) is 0. The van der Waals surface area contributed by atoms with Crippen LogP contribution in [0, 0.1) is 5.92 Å². The van der Waals surface area contributed by atoms with E-state index in [-0.39, 0.29) is 0 Å². The van der Waals surface area contributed by atoms with Crippen LogP contribution >= 0.6 is 0 Å². The first kappa shape index (κ1) is 13.3. The number of fused-ring (bicyclic) bond motifs is 1. The van der Waals surface area contributed by atoms with Gasteiger partial charge in [-0.1, -0.05) is 0 Å². The second-order valence-electron chi connectivity index (χ2n) is 5.18. The van der Waals surface area contributed by atoms with Crippen LogP contribution in [0.2, 0.25) is 0 Å². The lowest BCUT2D eigenvalue weighted by molar-refractivity contribution is -0.236. The molecule has 17 heavy (non-hydrogen) atoms. The van der Waals surface area contributed by atoms with Crippen molar-refractivity contribution in [2.45, 2.75) is 50.1 Å². The zero-order valence-corrected chi connectivity index (χ0v) is 11.1. The first-order valence-electron chi connectivity index (χ1n) is 6.47. The largest absolute Gasteiger partial charge is 0.379 e. The molecule has 0 radical (unpaired) electrons. The van der Waals surface area contributed by atoms with Crippen LogP contribution in [0.1, 0.15) is 32.1 Å². The quantitative estimate of drug-likeness (QED) is 0.507. The smallest absolute Gasteiger partial charge is 0.191 e. The number of ether oxygens (including phenoxy) is 4. The minimum Gasteiger partial charge on any atom is -0.379 e. The fourth-order valence-electron chi connectivity index (χ4n) is 2.87. The van der Waals surface area contributed by atoms with Crippen LogP contribution < -0.4 is 0 Å². The van der Waals surface area contributed by atoms with Crippen LogP contribution in [0.4, 0.5) is 0 Å². The molecular formula is C13H24O4. The number of rotatable bonds is 7. The molecule has 0 aromatic heterocycles. The summed E-state index contributed by atoms with van der Waals surface area (Å²) in [5, 5.41) is 0. The molecule has 100 valence electrons. The first-order valence-corrected chi connectivity index (χ1v) is 6.47. The van der Waals surface area contributed by atoms with Crippen molar-refractivity contribution in [2.24, 2.45) is 5.92 Å². The summed E-state index contributed by atoms with van der Waals surface area (Å²) in [6, 6.07) is 0. The van der Waals surface area contributed by atoms with E-state index in [1.54, 1.807) is 21.3 Å². The highest BCUT2D eigenvalue weighted by Crippen LogP contribution is 2.41. The summed E-state index contributed by atoms with van der Waals surface area (Å²) in [7, 11) is 5.04. The minimum absolute atomic E-state index is 0.481. The average molecular weight is 244 g/mol. The molecule has 2 aliphatic rings. The number of epoxide rings is 1. The van der Waals surface area contributed by atoms with E-state index in [2.05, 4.69) is 0 Å². The van der Waals surface area contributed by atoms with Gasteiger partial charge >= 0.3 is 0 Å². The van der Waals surface area contributed by atoms with E-state index in [1.165, 1.54) is 19.3 Å². The highest BCUT2D eigenvalue weighted by atomic mass is 16.7. The molecule has 0 aromatic rings. The van der Waals surface area contributed by atoms with Crippen molar-refractivity contribution in [2.75, 3.05) is 27.9 Å². The molecule has 0 bridgehead atoms. The van der Waals surface area contributed by atoms with Gasteiger partial charge in [-0.3, -0.25) is 0 Å². The molecule has 0 amide bonds.